The van der Waals surface area contributed by atoms with Gasteiger partial charge >= 0.3 is 0 Å². The van der Waals surface area contributed by atoms with Crippen molar-refractivity contribution < 1.29 is 0 Å². The molecule has 5 nitrogen and oxygen atoms in total. The number of halogens is 1. The molecule has 0 radical (unpaired) electrons. The fraction of sp³-hybridized carbons (Fsp3) is 0.143. The highest BCUT2D eigenvalue weighted by atomic mass is 35.5. The number of thiophene rings is 1. The molecule has 7 heteroatoms. The molecule has 14 heavy (non-hydrogen) atoms. The van der Waals surface area contributed by atoms with E-state index >= 15 is 0 Å². The number of nitrogens with two attached hydrogens (primary N) is 1. The summed E-state index contributed by atoms with van der Waals surface area (Å²) in [6.07, 6.45) is 1.44. The predicted molar refractivity (Wildman–Crippen MR) is 54.9 cm³/mol. The van der Waals surface area contributed by atoms with Crippen LogP contribution in [0.4, 0.5) is 0 Å². The lowest BCUT2D eigenvalue weighted by Gasteiger charge is -2.09. The molecule has 0 fully saturated rings. The molecule has 0 aromatic carbocycles. The van der Waals surface area contributed by atoms with Crippen molar-refractivity contribution in [1.29, 1.82) is 0 Å². The van der Waals surface area contributed by atoms with Gasteiger partial charge < -0.3 is 0 Å². The Bertz CT molecular complexity index is 398. The summed E-state index contributed by atoms with van der Waals surface area (Å²) in [5.41, 5.74) is 2.65. The van der Waals surface area contributed by atoms with Gasteiger partial charge in [-0.25, -0.2) is 10.4 Å². The minimum atomic E-state index is -0.185. The second kappa shape index (κ2) is 4.05. The quantitative estimate of drug-likeness (QED) is 0.544. The lowest BCUT2D eigenvalue weighted by atomic mass is 10.2. The number of nitrogens with one attached hydrogen (secondary N) is 2. The maximum absolute atomic E-state index is 5.83. The van der Waals surface area contributed by atoms with Crippen molar-refractivity contribution in [3.8, 4) is 0 Å². The Morgan fingerprint density at radius 1 is 1.57 bits per heavy atom. The maximum atomic E-state index is 5.83. The van der Waals surface area contributed by atoms with Crippen LogP contribution in [0, 0.1) is 0 Å². The van der Waals surface area contributed by atoms with Crippen LogP contribution in [0.1, 0.15) is 16.7 Å². The second-order valence-corrected chi connectivity index (χ2v) is 4.36. The van der Waals surface area contributed by atoms with Crippen molar-refractivity contribution in [2.24, 2.45) is 5.84 Å². The van der Waals surface area contributed by atoms with Crippen LogP contribution in [0.2, 0.25) is 4.34 Å². The van der Waals surface area contributed by atoms with E-state index in [-0.39, 0.29) is 6.04 Å². The molecule has 2 rings (SSSR count). The van der Waals surface area contributed by atoms with Crippen LogP contribution >= 0.6 is 22.9 Å². The highest BCUT2D eigenvalue weighted by Gasteiger charge is 2.16. The zero-order chi connectivity index (χ0) is 9.97. The number of H-pyrrole nitrogens is 1. The standard InChI is InChI=1S/C7H8ClN5S/c8-5-2-1-4(14-5)6(12-9)7-10-3-11-13-7/h1-3,6,12H,9H2,(H,10,11,13). The molecular formula is C7H8ClN5S. The van der Waals surface area contributed by atoms with Crippen LogP contribution in [-0.2, 0) is 0 Å². The topological polar surface area (TPSA) is 79.6 Å². The molecule has 0 spiro atoms. The second-order valence-electron chi connectivity index (χ2n) is 2.61. The van der Waals surface area contributed by atoms with E-state index in [1.807, 2.05) is 12.1 Å². The molecule has 1 atom stereocenters. The van der Waals surface area contributed by atoms with Gasteiger partial charge in [0.05, 0.1) is 4.34 Å². The summed E-state index contributed by atoms with van der Waals surface area (Å²) in [6.45, 7) is 0. The molecule has 2 aromatic heterocycles. The van der Waals surface area contributed by atoms with Crippen LogP contribution in [0.25, 0.3) is 0 Å². The fourth-order valence-electron chi connectivity index (χ4n) is 1.13. The fourth-order valence-corrected chi connectivity index (χ4v) is 2.26. The van der Waals surface area contributed by atoms with E-state index in [0.717, 1.165) is 9.21 Å². The van der Waals surface area contributed by atoms with Crippen LogP contribution in [0.5, 0.6) is 0 Å². The SMILES string of the molecule is NNC(c1ncn[nH]1)c1ccc(Cl)s1. The first-order chi connectivity index (χ1) is 6.81. The lowest BCUT2D eigenvalue weighted by Crippen LogP contribution is -2.29. The van der Waals surface area contributed by atoms with Gasteiger partial charge in [0.15, 0.2) is 0 Å². The largest absolute Gasteiger partial charge is 0.270 e. The Kier molecular flexibility index (Phi) is 2.78. The monoisotopic (exact) mass is 229 g/mol. The third kappa shape index (κ3) is 1.78. The number of nitrogens with zero attached hydrogens (tertiary/aromatic N) is 2. The molecule has 0 amide bonds. The Morgan fingerprint density at radius 3 is 2.93 bits per heavy atom. The van der Waals surface area contributed by atoms with E-state index in [2.05, 4.69) is 20.6 Å². The van der Waals surface area contributed by atoms with Gasteiger partial charge in [-0.05, 0) is 12.1 Å². The maximum Gasteiger partial charge on any atom is 0.148 e. The zero-order valence-electron chi connectivity index (χ0n) is 7.07. The summed E-state index contributed by atoms with van der Waals surface area (Å²) < 4.78 is 0.722. The Morgan fingerprint density at radius 2 is 2.43 bits per heavy atom. The van der Waals surface area contributed by atoms with Gasteiger partial charge in [-0.15, -0.1) is 11.3 Å². The first kappa shape index (κ1) is 9.60. The number of aromatic nitrogens is 3. The summed E-state index contributed by atoms with van der Waals surface area (Å²) in [5, 5.41) is 6.52. The van der Waals surface area contributed by atoms with Crippen molar-refractivity contribution in [3.63, 3.8) is 0 Å². The van der Waals surface area contributed by atoms with E-state index < -0.39 is 0 Å². The normalized spacial score (nSPS) is 13.0. The van der Waals surface area contributed by atoms with Crippen molar-refractivity contribution in [3.05, 3.63) is 33.5 Å². The predicted octanol–water partition coefficient (Wildman–Crippen LogP) is 1.07. The van der Waals surface area contributed by atoms with Crippen molar-refractivity contribution >= 4 is 22.9 Å². The minimum absolute atomic E-state index is 0.185. The van der Waals surface area contributed by atoms with E-state index in [0.29, 0.717) is 5.82 Å². The molecule has 2 heterocycles. The van der Waals surface area contributed by atoms with E-state index in [1.165, 1.54) is 17.7 Å². The minimum Gasteiger partial charge on any atom is -0.270 e. The van der Waals surface area contributed by atoms with Crippen molar-refractivity contribution in [2.45, 2.75) is 6.04 Å². The van der Waals surface area contributed by atoms with Gasteiger partial charge in [0, 0.05) is 4.88 Å². The Labute approximate surface area is 89.3 Å². The molecule has 0 aliphatic rings. The number of hydrogen-bond acceptors (Lipinski definition) is 5. The first-order valence-electron chi connectivity index (χ1n) is 3.88. The average molecular weight is 230 g/mol. The Hall–Kier alpha value is -0.950. The highest BCUT2D eigenvalue weighted by Crippen LogP contribution is 2.28. The van der Waals surface area contributed by atoms with Crippen LogP contribution in [0.3, 0.4) is 0 Å². The van der Waals surface area contributed by atoms with Crippen molar-refractivity contribution in [2.75, 3.05) is 0 Å². The smallest absolute Gasteiger partial charge is 0.148 e. The Balaban J connectivity index is 2.31. The van der Waals surface area contributed by atoms with Gasteiger partial charge in [0.1, 0.15) is 18.2 Å². The van der Waals surface area contributed by atoms with Gasteiger partial charge in [0.2, 0.25) is 0 Å². The number of aromatic amines is 1. The molecule has 0 saturated carbocycles. The number of rotatable bonds is 3. The van der Waals surface area contributed by atoms with Gasteiger partial charge in [-0.2, -0.15) is 5.10 Å². The molecule has 2 aromatic rings. The van der Waals surface area contributed by atoms with Crippen LogP contribution in [0.15, 0.2) is 18.5 Å². The average Bonchev–Trinajstić information content (AvgIpc) is 2.79. The molecule has 0 saturated heterocycles. The molecule has 0 aliphatic heterocycles. The molecular weight excluding hydrogens is 222 g/mol. The number of hydrazine groups is 1. The molecule has 1 unspecified atom stereocenters. The highest BCUT2D eigenvalue weighted by molar-refractivity contribution is 7.16. The summed E-state index contributed by atoms with van der Waals surface area (Å²) in [6, 6.07) is 3.54. The van der Waals surface area contributed by atoms with E-state index in [4.69, 9.17) is 17.4 Å². The molecule has 4 N–H and O–H groups in total. The number of hydrogen-bond donors (Lipinski definition) is 3. The third-order valence-corrected chi connectivity index (χ3v) is 3.05. The van der Waals surface area contributed by atoms with Gasteiger partial charge in [-0.3, -0.25) is 10.9 Å². The summed E-state index contributed by atoms with van der Waals surface area (Å²) >= 11 is 7.28. The summed E-state index contributed by atoms with van der Waals surface area (Å²) in [4.78, 5) is 5.02. The molecule has 0 aliphatic carbocycles. The molecule has 74 valence electrons. The van der Waals surface area contributed by atoms with Crippen LogP contribution in [-0.4, -0.2) is 15.2 Å². The van der Waals surface area contributed by atoms with Crippen molar-refractivity contribution in [1.82, 2.24) is 20.6 Å². The lowest BCUT2D eigenvalue weighted by molar-refractivity contribution is 0.613. The third-order valence-electron chi connectivity index (χ3n) is 1.75. The molecule has 0 bridgehead atoms. The van der Waals surface area contributed by atoms with Crippen LogP contribution < -0.4 is 11.3 Å². The van der Waals surface area contributed by atoms with E-state index in [9.17, 15) is 0 Å². The first-order valence-corrected chi connectivity index (χ1v) is 5.07. The van der Waals surface area contributed by atoms with E-state index in [1.54, 1.807) is 0 Å². The van der Waals surface area contributed by atoms with Gasteiger partial charge in [-0.1, -0.05) is 11.6 Å². The summed E-state index contributed by atoms with van der Waals surface area (Å²) in [7, 11) is 0. The van der Waals surface area contributed by atoms with Gasteiger partial charge in [0.25, 0.3) is 0 Å². The summed E-state index contributed by atoms with van der Waals surface area (Å²) in [5.74, 6) is 6.10. The zero-order valence-corrected chi connectivity index (χ0v) is 8.64.